The van der Waals surface area contributed by atoms with E-state index in [2.05, 4.69) is 9.97 Å². The summed E-state index contributed by atoms with van der Waals surface area (Å²) < 4.78 is 5.04. The van der Waals surface area contributed by atoms with E-state index in [1.807, 2.05) is 0 Å². The topological polar surface area (TPSA) is 92.7 Å². The van der Waals surface area contributed by atoms with Crippen LogP contribution < -0.4 is 4.90 Å². The Labute approximate surface area is 137 Å². The summed E-state index contributed by atoms with van der Waals surface area (Å²) in [5.74, 6) is -1.16. The molecule has 1 aromatic carbocycles. The molecule has 0 aliphatic carbocycles. The molecule has 0 fully saturated rings. The van der Waals surface area contributed by atoms with Crippen molar-refractivity contribution in [3.8, 4) is 0 Å². The zero-order valence-electron chi connectivity index (χ0n) is 12.9. The van der Waals surface area contributed by atoms with Gasteiger partial charge >= 0.3 is 5.97 Å². The van der Waals surface area contributed by atoms with Gasteiger partial charge in [0.25, 0.3) is 11.8 Å². The van der Waals surface area contributed by atoms with Crippen molar-refractivity contribution in [1.82, 2.24) is 14.9 Å². The highest BCUT2D eigenvalue weighted by Gasteiger charge is 2.35. The second-order valence-electron chi connectivity index (χ2n) is 5.13. The van der Waals surface area contributed by atoms with E-state index in [-0.39, 0.29) is 6.54 Å². The summed E-state index contributed by atoms with van der Waals surface area (Å²) >= 11 is 0. The second-order valence-corrected chi connectivity index (χ2v) is 5.13. The van der Waals surface area contributed by atoms with E-state index in [4.69, 9.17) is 4.74 Å². The summed E-state index contributed by atoms with van der Waals surface area (Å²) in [5, 5.41) is 0. The quantitative estimate of drug-likeness (QED) is 0.590. The van der Waals surface area contributed by atoms with Gasteiger partial charge in [0.15, 0.2) is 6.73 Å². The Morgan fingerprint density at radius 3 is 2.25 bits per heavy atom. The van der Waals surface area contributed by atoms with Crippen LogP contribution in [0.3, 0.4) is 0 Å². The molecule has 0 spiro atoms. The number of rotatable bonds is 5. The van der Waals surface area contributed by atoms with Gasteiger partial charge in [0.2, 0.25) is 5.95 Å². The molecule has 24 heavy (non-hydrogen) atoms. The van der Waals surface area contributed by atoms with Gasteiger partial charge in [-0.05, 0) is 18.2 Å². The monoisotopic (exact) mass is 326 g/mol. The van der Waals surface area contributed by atoms with Crippen LogP contribution in [0.5, 0.6) is 0 Å². The first-order valence-electron chi connectivity index (χ1n) is 7.17. The van der Waals surface area contributed by atoms with Gasteiger partial charge in [0.1, 0.15) is 6.54 Å². The molecular weight excluding hydrogens is 312 g/mol. The molecule has 2 heterocycles. The highest BCUT2D eigenvalue weighted by atomic mass is 16.5. The number of ether oxygens (including phenoxy) is 1. The van der Waals surface area contributed by atoms with E-state index in [1.54, 1.807) is 49.8 Å². The van der Waals surface area contributed by atoms with Crippen LogP contribution in [0.15, 0.2) is 42.7 Å². The molecule has 1 aliphatic heterocycles. The van der Waals surface area contributed by atoms with Crippen LogP contribution in [0.1, 0.15) is 20.7 Å². The van der Waals surface area contributed by atoms with Gasteiger partial charge in [-0.1, -0.05) is 12.1 Å². The number of fused-ring (bicyclic) bond motifs is 1. The molecule has 0 unspecified atom stereocenters. The number of carbonyl (C=O) groups is 3. The minimum absolute atomic E-state index is 0.104. The number of imide groups is 1. The maximum Gasteiger partial charge on any atom is 0.327 e. The van der Waals surface area contributed by atoms with E-state index in [9.17, 15) is 14.4 Å². The van der Waals surface area contributed by atoms with Gasteiger partial charge < -0.3 is 9.64 Å². The predicted octanol–water partition coefficient (Wildman–Crippen LogP) is 0.710. The van der Waals surface area contributed by atoms with E-state index in [1.165, 1.54) is 4.90 Å². The summed E-state index contributed by atoms with van der Waals surface area (Å²) in [6, 6.07) is 8.15. The van der Waals surface area contributed by atoms with Crippen LogP contribution in [0.4, 0.5) is 5.95 Å². The predicted molar refractivity (Wildman–Crippen MR) is 83.2 cm³/mol. The van der Waals surface area contributed by atoms with Crippen molar-refractivity contribution in [3.05, 3.63) is 53.9 Å². The number of aromatic nitrogens is 2. The fourth-order valence-corrected chi connectivity index (χ4v) is 2.29. The Kier molecular flexibility index (Phi) is 4.19. The van der Waals surface area contributed by atoms with E-state index >= 15 is 0 Å². The van der Waals surface area contributed by atoms with Crippen LogP contribution in [-0.4, -0.2) is 53.0 Å². The number of amides is 2. The number of hydrogen-bond acceptors (Lipinski definition) is 7. The van der Waals surface area contributed by atoms with Crippen molar-refractivity contribution < 1.29 is 19.1 Å². The molecule has 8 heteroatoms. The Bertz CT molecular complexity index is 759. The lowest BCUT2D eigenvalue weighted by molar-refractivity contribution is -0.144. The third kappa shape index (κ3) is 2.94. The molecule has 122 valence electrons. The summed E-state index contributed by atoms with van der Waals surface area (Å²) in [7, 11) is 1.64. The average Bonchev–Trinajstić information content (AvgIpc) is 2.85. The fraction of sp³-hybridized carbons (Fsp3) is 0.188. The highest BCUT2D eigenvalue weighted by molar-refractivity contribution is 6.21. The smallest absolute Gasteiger partial charge is 0.327 e. The number of benzene rings is 1. The Hall–Kier alpha value is -3.29. The molecule has 1 aliphatic rings. The maximum atomic E-state index is 12.1. The number of carbonyl (C=O) groups excluding carboxylic acids is 3. The summed E-state index contributed by atoms with van der Waals surface area (Å²) in [4.78, 5) is 46.6. The van der Waals surface area contributed by atoms with Crippen LogP contribution in [0, 0.1) is 0 Å². The van der Waals surface area contributed by atoms with Crippen molar-refractivity contribution in [2.24, 2.45) is 0 Å². The lowest BCUT2D eigenvalue weighted by Gasteiger charge is -2.17. The van der Waals surface area contributed by atoms with Crippen LogP contribution >= 0.6 is 0 Å². The molecule has 0 saturated carbocycles. The standard InChI is InChI=1S/C16H14N4O4/c1-19(16-17-7-4-8-18-16)9-13(21)24-10-20-14(22)11-5-2-3-6-12(11)15(20)23/h2-8H,9-10H2,1H3. The molecule has 8 nitrogen and oxygen atoms in total. The average molecular weight is 326 g/mol. The van der Waals surface area contributed by atoms with Gasteiger partial charge in [-0.15, -0.1) is 0 Å². The summed E-state index contributed by atoms with van der Waals surface area (Å²) in [5.41, 5.74) is 0.627. The molecule has 0 radical (unpaired) electrons. The number of nitrogens with zero attached hydrogens (tertiary/aromatic N) is 4. The molecule has 3 rings (SSSR count). The Morgan fingerprint density at radius 2 is 1.67 bits per heavy atom. The van der Waals surface area contributed by atoms with Crippen molar-refractivity contribution >= 4 is 23.7 Å². The SMILES string of the molecule is CN(CC(=O)OCN1C(=O)c2ccccc2C1=O)c1ncccn1. The van der Waals surface area contributed by atoms with Crippen molar-refractivity contribution in [1.29, 1.82) is 0 Å². The Balaban J connectivity index is 1.58. The fourth-order valence-electron chi connectivity index (χ4n) is 2.29. The molecule has 2 amide bonds. The van der Waals surface area contributed by atoms with Crippen molar-refractivity contribution in [3.63, 3.8) is 0 Å². The number of likely N-dealkylation sites (N-methyl/N-ethyl adjacent to an activating group) is 1. The molecule has 1 aromatic heterocycles. The van der Waals surface area contributed by atoms with Gasteiger partial charge in [0.05, 0.1) is 11.1 Å². The van der Waals surface area contributed by atoms with Gasteiger partial charge in [-0.2, -0.15) is 0 Å². The summed E-state index contributed by atoms with van der Waals surface area (Å²) in [6.07, 6.45) is 3.12. The largest absolute Gasteiger partial charge is 0.442 e. The normalized spacial score (nSPS) is 13.0. The number of anilines is 1. The lowest BCUT2D eigenvalue weighted by Crippen LogP contribution is -2.36. The van der Waals surface area contributed by atoms with Crippen LogP contribution in [-0.2, 0) is 9.53 Å². The molecular formula is C16H14N4O4. The van der Waals surface area contributed by atoms with Gasteiger partial charge in [-0.3, -0.25) is 14.4 Å². The zero-order valence-corrected chi connectivity index (χ0v) is 12.9. The zero-order chi connectivity index (χ0) is 17.1. The molecule has 0 atom stereocenters. The highest BCUT2D eigenvalue weighted by Crippen LogP contribution is 2.22. The minimum Gasteiger partial charge on any atom is -0.442 e. The molecule has 0 saturated heterocycles. The molecule has 0 bridgehead atoms. The molecule has 0 N–H and O–H groups in total. The Morgan fingerprint density at radius 1 is 1.08 bits per heavy atom. The third-order valence-electron chi connectivity index (χ3n) is 3.49. The van der Waals surface area contributed by atoms with Crippen molar-refractivity contribution in [2.75, 3.05) is 25.2 Å². The first-order chi connectivity index (χ1) is 11.6. The number of hydrogen-bond donors (Lipinski definition) is 0. The first-order valence-corrected chi connectivity index (χ1v) is 7.17. The second kappa shape index (κ2) is 6.45. The summed E-state index contributed by atoms with van der Waals surface area (Å²) in [6.45, 7) is -0.526. The van der Waals surface area contributed by atoms with Crippen molar-refractivity contribution in [2.45, 2.75) is 0 Å². The van der Waals surface area contributed by atoms with E-state index in [0.29, 0.717) is 17.1 Å². The van der Waals surface area contributed by atoms with E-state index < -0.39 is 24.5 Å². The van der Waals surface area contributed by atoms with Gasteiger partial charge in [-0.25, -0.2) is 14.9 Å². The first kappa shape index (κ1) is 15.6. The van der Waals surface area contributed by atoms with Crippen LogP contribution in [0.25, 0.3) is 0 Å². The number of esters is 1. The lowest BCUT2D eigenvalue weighted by atomic mass is 10.1. The van der Waals surface area contributed by atoms with Crippen LogP contribution in [0.2, 0.25) is 0 Å². The van der Waals surface area contributed by atoms with E-state index in [0.717, 1.165) is 4.90 Å². The molecule has 2 aromatic rings. The third-order valence-corrected chi connectivity index (χ3v) is 3.49. The maximum absolute atomic E-state index is 12.1. The van der Waals surface area contributed by atoms with Gasteiger partial charge in [0, 0.05) is 19.4 Å². The minimum atomic E-state index is -0.596.